The Kier molecular flexibility index (Phi) is 8.15. The van der Waals surface area contributed by atoms with Crippen molar-refractivity contribution in [2.75, 3.05) is 20.2 Å². The highest BCUT2D eigenvalue weighted by Gasteiger charge is 2.45. The van der Waals surface area contributed by atoms with Gasteiger partial charge in [-0.1, -0.05) is 74.9 Å². The van der Waals surface area contributed by atoms with Crippen LogP contribution >= 0.6 is 0 Å². The summed E-state index contributed by atoms with van der Waals surface area (Å²) in [7, 11) is 2.14. The van der Waals surface area contributed by atoms with Gasteiger partial charge in [-0.05, 0) is 55.4 Å². The van der Waals surface area contributed by atoms with Gasteiger partial charge in [-0.2, -0.15) is 0 Å². The van der Waals surface area contributed by atoms with Crippen molar-refractivity contribution in [3.63, 3.8) is 0 Å². The van der Waals surface area contributed by atoms with E-state index in [2.05, 4.69) is 100.0 Å². The fourth-order valence-corrected chi connectivity index (χ4v) is 5.97. The van der Waals surface area contributed by atoms with Gasteiger partial charge in [-0.3, -0.25) is 4.79 Å². The summed E-state index contributed by atoms with van der Waals surface area (Å²) >= 11 is 0. The molecule has 2 aromatic carbocycles. The van der Waals surface area contributed by atoms with Gasteiger partial charge >= 0.3 is 5.97 Å². The third-order valence-corrected chi connectivity index (χ3v) is 7.80. The van der Waals surface area contributed by atoms with Crippen LogP contribution in [0.3, 0.4) is 0 Å². The quantitative estimate of drug-likeness (QED) is 0.442. The van der Waals surface area contributed by atoms with E-state index in [0.717, 1.165) is 25.1 Å². The zero-order chi connectivity index (χ0) is 27.6. The maximum Gasteiger partial charge on any atom is 0.343 e. The largest absolute Gasteiger partial charge is 0.462 e. The molecule has 0 saturated carbocycles. The molecule has 1 fully saturated rings. The van der Waals surface area contributed by atoms with Crippen LogP contribution < -0.4 is 10.4 Å². The molecule has 202 valence electrons. The first kappa shape index (κ1) is 27.7. The van der Waals surface area contributed by atoms with Crippen LogP contribution in [-0.2, 0) is 27.2 Å². The first-order chi connectivity index (χ1) is 18.0. The van der Waals surface area contributed by atoms with Gasteiger partial charge in [0.25, 0.3) is 0 Å². The molecule has 2 unspecified atom stereocenters. The highest BCUT2D eigenvalue weighted by Crippen LogP contribution is 2.38. The third-order valence-electron chi connectivity index (χ3n) is 7.80. The number of ether oxygens (including phenoxy) is 1. The number of ketones is 1. The Labute approximate surface area is 227 Å². The molecule has 2 aliphatic heterocycles. The normalized spacial score (nSPS) is 21.1. The molecule has 0 amide bonds. The molecule has 5 nitrogen and oxygen atoms in total. The fourth-order valence-electron chi connectivity index (χ4n) is 5.97. The molecule has 4 rings (SSSR count). The molecule has 2 atom stereocenters. The summed E-state index contributed by atoms with van der Waals surface area (Å²) in [5, 5.41) is 2.45. The van der Waals surface area contributed by atoms with Crippen molar-refractivity contribution in [3.8, 4) is 0 Å². The SMILES string of the molecule is CCOC(=O)C1=CN2C(CC1=O)/C(=c1\cccc(CCc3ccccc3)c1=C(C)C)N(C)CC2C(C)(C)C. The van der Waals surface area contributed by atoms with E-state index in [1.54, 1.807) is 13.1 Å². The van der Waals surface area contributed by atoms with Gasteiger partial charge in [0.15, 0.2) is 5.78 Å². The number of rotatable bonds is 5. The number of Topliss-reactive ketones (excluding diaryl/α,β-unsaturated/α-hetero) is 1. The smallest absolute Gasteiger partial charge is 0.343 e. The Hall–Kier alpha value is -3.34. The third kappa shape index (κ3) is 5.57. The number of nitrogens with zero attached hydrogens (tertiary/aromatic N) is 2. The van der Waals surface area contributed by atoms with Gasteiger partial charge in [-0.15, -0.1) is 0 Å². The zero-order valence-electron chi connectivity index (χ0n) is 24.0. The maximum atomic E-state index is 13.3. The minimum absolute atomic E-state index is 0.0537. The molecule has 0 radical (unpaired) electrons. The summed E-state index contributed by atoms with van der Waals surface area (Å²) in [5.74, 6) is -0.672. The van der Waals surface area contributed by atoms with E-state index in [9.17, 15) is 9.59 Å². The lowest BCUT2D eigenvalue weighted by Gasteiger charge is -2.53. The lowest BCUT2D eigenvalue weighted by Crippen LogP contribution is -2.62. The van der Waals surface area contributed by atoms with Gasteiger partial charge in [0.05, 0.1) is 18.7 Å². The fraction of sp³-hybridized carbons (Fsp3) is 0.455. The van der Waals surface area contributed by atoms with Crippen LogP contribution in [0.15, 0.2) is 60.3 Å². The predicted octanol–water partition coefficient (Wildman–Crippen LogP) is 4.22. The van der Waals surface area contributed by atoms with E-state index in [0.29, 0.717) is 0 Å². The topological polar surface area (TPSA) is 49.9 Å². The van der Waals surface area contributed by atoms with E-state index >= 15 is 0 Å². The van der Waals surface area contributed by atoms with Crippen molar-refractivity contribution < 1.29 is 14.3 Å². The minimum atomic E-state index is -0.523. The first-order valence-electron chi connectivity index (χ1n) is 13.8. The van der Waals surface area contributed by atoms with Crippen molar-refractivity contribution in [2.45, 2.75) is 72.9 Å². The Morgan fingerprint density at radius 3 is 2.37 bits per heavy atom. The molecule has 38 heavy (non-hydrogen) atoms. The highest BCUT2D eigenvalue weighted by atomic mass is 16.5. The Morgan fingerprint density at radius 2 is 1.74 bits per heavy atom. The zero-order valence-corrected chi connectivity index (χ0v) is 24.0. The maximum absolute atomic E-state index is 13.3. The Morgan fingerprint density at radius 1 is 1.03 bits per heavy atom. The highest BCUT2D eigenvalue weighted by molar-refractivity contribution is 6.18. The lowest BCUT2D eigenvalue weighted by atomic mass is 9.80. The van der Waals surface area contributed by atoms with Gasteiger partial charge in [0, 0.05) is 37.1 Å². The Balaban J connectivity index is 1.88. The second-order valence-corrected chi connectivity index (χ2v) is 11.8. The number of fused-ring (bicyclic) bond motifs is 1. The van der Waals surface area contributed by atoms with E-state index in [1.165, 1.54) is 27.1 Å². The van der Waals surface area contributed by atoms with Gasteiger partial charge < -0.3 is 14.5 Å². The Bertz CT molecular complexity index is 1350. The summed E-state index contributed by atoms with van der Waals surface area (Å²) in [6.45, 7) is 13.8. The van der Waals surface area contributed by atoms with Crippen LogP contribution in [0.25, 0.3) is 11.3 Å². The van der Waals surface area contributed by atoms with Crippen LogP contribution in [0, 0.1) is 5.41 Å². The second kappa shape index (κ2) is 11.2. The number of carbonyl (C=O) groups is 2. The molecule has 1 saturated heterocycles. The summed E-state index contributed by atoms with van der Waals surface area (Å²) in [6, 6.07) is 17.2. The van der Waals surface area contributed by atoms with Crippen molar-refractivity contribution in [1.29, 1.82) is 0 Å². The average Bonchev–Trinajstić information content (AvgIpc) is 2.86. The number of piperazine rings is 1. The lowest BCUT2D eigenvalue weighted by molar-refractivity contribution is -0.140. The van der Waals surface area contributed by atoms with Crippen LogP contribution in [0.1, 0.15) is 59.1 Å². The van der Waals surface area contributed by atoms with Crippen LogP contribution in [0.5, 0.6) is 0 Å². The molecule has 2 aliphatic rings. The summed E-state index contributed by atoms with van der Waals surface area (Å²) in [4.78, 5) is 30.6. The number of benzene rings is 2. The molecule has 0 spiro atoms. The molecule has 0 bridgehead atoms. The summed E-state index contributed by atoms with van der Waals surface area (Å²) < 4.78 is 5.24. The molecule has 0 N–H and O–H groups in total. The number of carbonyl (C=O) groups excluding carboxylic acids is 2. The number of esters is 1. The molecule has 0 aromatic heterocycles. The van der Waals surface area contributed by atoms with E-state index in [1.807, 2.05) is 0 Å². The molecular weight excluding hydrogens is 472 g/mol. The van der Waals surface area contributed by atoms with Gasteiger partial charge in [-0.25, -0.2) is 4.79 Å². The van der Waals surface area contributed by atoms with Crippen molar-refractivity contribution in [3.05, 3.63) is 81.9 Å². The average molecular weight is 515 g/mol. The van der Waals surface area contributed by atoms with Crippen LogP contribution in [0.4, 0.5) is 0 Å². The number of aryl methyl sites for hydroxylation is 2. The van der Waals surface area contributed by atoms with Crippen molar-refractivity contribution >= 4 is 23.0 Å². The van der Waals surface area contributed by atoms with Gasteiger partial charge in [0.2, 0.25) is 0 Å². The molecule has 2 heterocycles. The van der Waals surface area contributed by atoms with Crippen LogP contribution in [-0.4, -0.2) is 53.8 Å². The van der Waals surface area contributed by atoms with E-state index < -0.39 is 5.97 Å². The number of hydrogen-bond donors (Lipinski definition) is 0. The monoisotopic (exact) mass is 514 g/mol. The molecule has 5 heteroatoms. The van der Waals surface area contributed by atoms with Gasteiger partial charge in [0.1, 0.15) is 5.57 Å². The second-order valence-electron chi connectivity index (χ2n) is 11.8. The molecular formula is C33H42N2O3. The minimum Gasteiger partial charge on any atom is -0.462 e. The summed E-state index contributed by atoms with van der Waals surface area (Å²) in [6.07, 6.45) is 3.97. The molecule has 2 aromatic rings. The van der Waals surface area contributed by atoms with Crippen LogP contribution in [0.2, 0.25) is 0 Å². The number of likely N-dealkylation sites (N-methyl/N-ethyl adjacent to an activating group) is 1. The predicted molar refractivity (Wildman–Crippen MR) is 154 cm³/mol. The van der Waals surface area contributed by atoms with Crippen molar-refractivity contribution in [1.82, 2.24) is 9.80 Å². The van der Waals surface area contributed by atoms with E-state index in [4.69, 9.17) is 4.74 Å². The summed E-state index contributed by atoms with van der Waals surface area (Å²) in [5.41, 5.74) is 5.17. The standard InChI is InChI=1S/C33H42N2O3/c1-8-38-32(37)26-20-35-27(19-28(26)36)31(34(7)21-29(35)33(4,5)6)25-16-12-15-24(30(25)22(2)3)18-17-23-13-10-9-11-14-23/h9-16,20,27,29H,8,17-19,21H2,1-7H3/b31-25-. The van der Waals surface area contributed by atoms with E-state index in [-0.39, 0.29) is 41.9 Å². The number of hydrogen-bond acceptors (Lipinski definition) is 5. The molecule has 0 aliphatic carbocycles. The van der Waals surface area contributed by atoms with Crippen molar-refractivity contribution in [2.24, 2.45) is 5.41 Å². The first-order valence-corrected chi connectivity index (χ1v) is 13.8.